The second-order valence-corrected chi connectivity index (χ2v) is 3.21. The van der Waals surface area contributed by atoms with Crippen molar-refractivity contribution in [3.63, 3.8) is 0 Å². The summed E-state index contributed by atoms with van der Waals surface area (Å²) in [6.45, 7) is 0. The van der Waals surface area contributed by atoms with E-state index in [0.29, 0.717) is 5.71 Å². The van der Waals surface area contributed by atoms with Gasteiger partial charge in [0.15, 0.2) is 0 Å². The van der Waals surface area contributed by atoms with E-state index in [1.165, 1.54) is 5.39 Å². The minimum Gasteiger partial charge on any atom is -0.353 e. The molecule has 0 spiro atoms. The van der Waals surface area contributed by atoms with E-state index in [4.69, 9.17) is 5.41 Å². The summed E-state index contributed by atoms with van der Waals surface area (Å²) in [5.74, 6) is 0. The lowest BCUT2D eigenvalue weighted by molar-refractivity contribution is 1.39. The summed E-state index contributed by atoms with van der Waals surface area (Å²) in [6, 6.07) is 8.13. The molecule has 0 saturated carbocycles. The van der Waals surface area contributed by atoms with Gasteiger partial charge in [0, 0.05) is 16.5 Å². The number of nitrogens with one attached hydrogen (secondary N) is 2. The van der Waals surface area contributed by atoms with Crippen LogP contribution in [0.25, 0.3) is 17.0 Å². The molecule has 13 heavy (non-hydrogen) atoms. The van der Waals surface area contributed by atoms with Gasteiger partial charge in [0.25, 0.3) is 0 Å². The van der Waals surface area contributed by atoms with E-state index in [1.807, 2.05) is 30.4 Å². The molecule has 0 fully saturated rings. The van der Waals surface area contributed by atoms with E-state index in [9.17, 15) is 0 Å². The Balaban J connectivity index is 2.51. The van der Waals surface area contributed by atoms with Crippen molar-refractivity contribution in [2.45, 2.75) is 0 Å². The van der Waals surface area contributed by atoms with E-state index in [1.54, 1.807) is 0 Å². The molecular weight excluding hydrogens is 160 g/mol. The Hall–Kier alpha value is -1.83. The highest BCUT2D eigenvalue weighted by Crippen LogP contribution is 2.27. The predicted octanol–water partition coefficient (Wildman–Crippen LogP) is 2.56. The molecule has 0 radical (unpaired) electrons. The molecule has 0 saturated heterocycles. The molecule has 2 aromatic rings. The Morgan fingerprint density at radius 2 is 1.92 bits per heavy atom. The lowest BCUT2D eigenvalue weighted by atomic mass is 10.1. The maximum atomic E-state index is 7.64. The summed E-state index contributed by atoms with van der Waals surface area (Å²) in [4.78, 5) is 3.24. The zero-order chi connectivity index (χ0) is 8.84. The highest BCUT2D eigenvalue weighted by atomic mass is 14.7. The van der Waals surface area contributed by atoms with E-state index in [0.717, 1.165) is 16.8 Å². The molecule has 3 rings (SSSR count). The number of aromatic nitrogens is 1. The van der Waals surface area contributed by atoms with Gasteiger partial charge in [-0.25, -0.2) is 0 Å². The molecule has 62 valence electrons. The smallest absolute Gasteiger partial charge is 0.0781 e. The molecule has 1 aromatic carbocycles. The molecule has 1 aromatic heterocycles. The molecule has 0 bridgehead atoms. The van der Waals surface area contributed by atoms with Crippen molar-refractivity contribution < 1.29 is 0 Å². The third-order valence-corrected chi connectivity index (χ3v) is 2.43. The van der Waals surface area contributed by atoms with Gasteiger partial charge in [-0.2, -0.15) is 0 Å². The monoisotopic (exact) mass is 168 g/mol. The number of rotatable bonds is 0. The summed E-state index contributed by atoms with van der Waals surface area (Å²) in [5, 5.41) is 8.85. The summed E-state index contributed by atoms with van der Waals surface area (Å²) < 4.78 is 0. The van der Waals surface area contributed by atoms with Gasteiger partial charge in [-0.1, -0.05) is 18.2 Å². The van der Waals surface area contributed by atoms with Crippen molar-refractivity contribution in [1.82, 2.24) is 4.98 Å². The normalized spacial score (nSPS) is 14.0. The molecule has 1 heterocycles. The molecule has 0 atom stereocenters. The van der Waals surface area contributed by atoms with Crippen LogP contribution in [0.2, 0.25) is 0 Å². The van der Waals surface area contributed by atoms with Crippen LogP contribution in [0.4, 0.5) is 0 Å². The van der Waals surface area contributed by atoms with Crippen molar-refractivity contribution in [2.75, 3.05) is 0 Å². The van der Waals surface area contributed by atoms with Gasteiger partial charge >= 0.3 is 0 Å². The lowest BCUT2D eigenvalue weighted by Gasteiger charge is -1.87. The number of fused-ring (bicyclic) bond motifs is 3. The topological polar surface area (TPSA) is 39.6 Å². The molecule has 1 aliphatic rings. The predicted molar refractivity (Wildman–Crippen MR) is 54.2 cm³/mol. The average Bonchev–Trinajstić information content (AvgIpc) is 2.67. The fraction of sp³-hybridized carbons (Fsp3) is 0. The molecule has 2 nitrogen and oxygen atoms in total. The molecule has 1 aliphatic carbocycles. The first-order chi connectivity index (χ1) is 6.36. The van der Waals surface area contributed by atoms with Crippen molar-refractivity contribution in [2.24, 2.45) is 0 Å². The van der Waals surface area contributed by atoms with E-state index in [2.05, 4.69) is 11.1 Å². The van der Waals surface area contributed by atoms with Gasteiger partial charge < -0.3 is 4.98 Å². The maximum absolute atomic E-state index is 7.64. The lowest BCUT2D eigenvalue weighted by Crippen LogP contribution is -1.89. The quantitative estimate of drug-likeness (QED) is 0.607. The Morgan fingerprint density at radius 3 is 2.85 bits per heavy atom. The molecular formula is C11H8N2. The molecule has 0 unspecified atom stereocenters. The molecule has 0 amide bonds. The number of para-hydroxylation sites is 1. The summed E-state index contributed by atoms with van der Waals surface area (Å²) in [7, 11) is 0. The van der Waals surface area contributed by atoms with E-state index in [-0.39, 0.29) is 0 Å². The minimum atomic E-state index is 0.575. The Bertz CT molecular complexity index is 532. The van der Waals surface area contributed by atoms with Crippen LogP contribution in [0, 0.1) is 5.41 Å². The van der Waals surface area contributed by atoms with Crippen molar-refractivity contribution in [3.8, 4) is 0 Å². The highest BCUT2D eigenvalue weighted by molar-refractivity contribution is 6.18. The van der Waals surface area contributed by atoms with Gasteiger partial charge in [0.1, 0.15) is 0 Å². The van der Waals surface area contributed by atoms with Gasteiger partial charge in [-0.15, -0.1) is 0 Å². The van der Waals surface area contributed by atoms with Crippen LogP contribution in [0.3, 0.4) is 0 Å². The fourth-order valence-corrected chi connectivity index (χ4v) is 1.80. The highest BCUT2D eigenvalue weighted by Gasteiger charge is 2.15. The number of benzene rings is 1. The number of allylic oxidation sites excluding steroid dienone is 1. The first-order valence-electron chi connectivity index (χ1n) is 4.24. The second-order valence-electron chi connectivity index (χ2n) is 3.21. The minimum absolute atomic E-state index is 0.575. The fourth-order valence-electron chi connectivity index (χ4n) is 1.80. The van der Waals surface area contributed by atoms with Gasteiger partial charge in [-0.3, -0.25) is 5.41 Å². The first-order valence-corrected chi connectivity index (χ1v) is 4.24. The average molecular weight is 168 g/mol. The van der Waals surface area contributed by atoms with Crippen molar-refractivity contribution in [3.05, 3.63) is 41.6 Å². The van der Waals surface area contributed by atoms with Crippen LogP contribution >= 0.6 is 0 Å². The zero-order valence-electron chi connectivity index (χ0n) is 6.96. The number of aromatic amines is 1. The number of hydrogen-bond donors (Lipinski definition) is 2. The van der Waals surface area contributed by atoms with Crippen molar-refractivity contribution >= 4 is 22.7 Å². The molecule has 0 aliphatic heterocycles. The Labute approximate surface area is 75.4 Å². The summed E-state index contributed by atoms with van der Waals surface area (Å²) >= 11 is 0. The van der Waals surface area contributed by atoms with Crippen LogP contribution in [0.15, 0.2) is 30.3 Å². The van der Waals surface area contributed by atoms with Gasteiger partial charge in [0.05, 0.1) is 11.4 Å². The summed E-state index contributed by atoms with van der Waals surface area (Å²) in [5.41, 5.74) is 3.79. The molecule has 2 N–H and O–H groups in total. The maximum Gasteiger partial charge on any atom is 0.0781 e. The largest absolute Gasteiger partial charge is 0.353 e. The first kappa shape index (κ1) is 6.66. The molecule has 2 heteroatoms. The van der Waals surface area contributed by atoms with Crippen LogP contribution < -0.4 is 0 Å². The number of hydrogen-bond acceptors (Lipinski definition) is 1. The van der Waals surface area contributed by atoms with Crippen LogP contribution in [-0.4, -0.2) is 10.7 Å². The standard InChI is InChI=1S/C11H8N2/c12-9-6-5-8-7-3-1-2-4-10(7)13-11(8)9/h1-6,12-13H. The zero-order valence-corrected chi connectivity index (χ0v) is 6.96. The Morgan fingerprint density at radius 1 is 1.08 bits per heavy atom. The summed E-state index contributed by atoms with van der Waals surface area (Å²) in [6.07, 6.45) is 3.82. The van der Waals surface area contributed by atoms with Crippen LogP contribution in [-0.2, 0) is 0 Å². The SMILES string of the molecule is N=C1C=Cc2c1[nH]c1ccccc21. The third kappa shape index (κ3) is 0.746. The van der Waals surface area contributed by atoms with Crippen LogP contribution in [0.1, 0.15) is 11.3 Å². The second kappa shape index (κ2) is 2.10. The van der Waals surface area contributed by atoms with Gasteiger partial charge in [-0.05, 0) is 18.2 Å². The van der Waals surface area contributed by atoms with E-state index < -0.39 is 0 Å². The number of H-pyrrole nitrogens is 1. The van der Waals surface area contributed by atoms with Crippen molar-refractivity contribution in [1.29, 1.82) is 5.41 Å². The van der Waals surface area contributed by atoms with Gasteiger partial charge in [0.2, 0.25) is 0 Å². The van der Waals surface area contributed by atoms with Crippen LogP contribution in [0.5, 0.6) is 0 Å². The third-order valence-electron chi connectivity index (χ3n) is 2.43. The van der Waals surface area contributed by atoms with E-state index >= 15 is 0 Å². The Kier molecular flexibility index (Phi) is 1.08.